The molecule has 0 aliphatic carbocycles. The van der Waals surface area contributed by atoms with Crippen molar-refractivity contribution in [2.75, 3.05) is 0 Å². The van der Waals surface area contributed by atoms with Crippen LogP contribution in [0.5, 0.6) is 0 Å². The second-order valence-corrected chi connectivity index (χ2v) is 9.05. The van der Waals surface area contributed by atoms with Gasteiger partial charge in [0, 0.05) is 0 Å². The molecule has 0 amide bonds. The lowest BCUT2D eigenvalue weighted by atomic mass is 10.2. The van der Waals surface area contributed by atoms with E-state index in [1.807, 2.05) is 13.8 Å². The zero-order chi connectivity index (χ0) is 16.3. The van der Waals surface area contributed by atoms with Gasteiger partial charge in [-0.25, -0.2) is 7.86 Å². The number of carbonyl (C=O) groups excluding carboxylic acids is 1. The molecule has 1 radical (unpaired) electrons. The maximum atomic E-state index is 12.5. The standard InChI is InChI=1S/C16H14F3IO2/c1-11-3-7-13(8-4-11)20(22-15(21)16(17,18)19)14-9-5-12(2)6-10-14/h3-10H,1-2H3/q+1. The first kappa shape index (κ1) is 16.8. The summed E-state index contributed by atoms with van der Waals surface area (Å²) in [5.41, 5.74) is 1.98. The summed E-state index contributed by atoms with van der Waals surface area (Å²) in [6.45, 7) is 3.77. The minimum atomic E-state index is -4.98. The average molecular weight is 422 g/mol. The van der Waals surface area contributed by atoms with Crippen LogP contribution >= 0.6 is 0 Å². The lowest BCUT2D eigenvalue weighted by Gasteiger charge is -2.07. The van der Waals surface area contributed by atoms with Crippen LogP contribution in [0, 0.1) is 21.0 Å². The van der Waals surface area contributed by atoms with Crippen LogP contribution in [-0.2, 0) is 7.86 Å². The van der Waals surface area contributed by atoms with Gasteiger partial charge in [-0.2, -0.15) is 13.2 Å². The Bertz CT molecular complexity index is 603. The van der Waals surface area contributed by atoms with E-state index in [1.54, 1.807) is 48.5 Å². The number of hydrogen-bond acceptors (Lipinski definition) is 2. The molecule has 0 N–H and O–H groups in total. The number of alkyl halides is 3. The summed E-state index contributed by atoms with van der Waals surface area (Å²) in [5, 5.41) is 0. The minimum Gasteiger partial charge on any atom is -0.236 e. The highest BCUT2D eigenvalue weighted by Crippen LogP contribution is 2.14. The molecule has 6 heteroatoms. The van der Waals surface area contributed by atoms with E-state index in [1.165, 1.54) is 0 Å². The van der Waals surface area contributed by atoms with E-state index in [0.717, 1.165) is 11.1 Å². The molecule has 0 unspecified atom stereocenters. The Balaban J connectivity index is 2.38. The van der Waals surface area contributed by atoms with Gasteiger partial charge < -0.3 is 0 Å². The summed E-state index contributed by atoms with van der Waals surface area (Å²) in [6, 6.07) is 14.1. The number of halogens is 4. The highest BCUT2D eigenvalue weighted by molar-refractivity contribution is 5.74. The van der Waals surface area contributed by atoms with E-state index in [9.17, 15) is 18.0 Å². The van der Waals surface area contributed by atoms with Gasteiger partial charge in [0.05, 0.1) is 0 Å². The van der Waals surface area contributed by atoms with Crippen molar-refractivity contribution in [2.24, 2.45) is 0 Å². The van der Waals surface area contributed by atoms with Crippen molar-refractivity contribution in [3.63, 3.8) is 0 Å². The van der Waals surface area contributed by atoms with Crippen LogP contribution in [0.1, 0.15) is 11.1 Å². The Morgan fingerprint density at radius 1 is 0.864 bits per heavy atom. The van der Waals surface area contributed by atoms with Gasteiger partial charge in [0.1, 0.15) is 0 Å². The summed E-state index contributed by atoms with van der Waals surface area (Å²) < 4.78 is 43.7. The highest BCUT2D eigenvalue weighted by Gasteiger charge is 2.48. The van der Waals surface area contributed by atoms with Gasteiger partial charge in [-0.15, -0.1) is 0 Å². The topological polar surface area (TPSA) is 26.3 Å². The smallest absolute Gasteiger partial charge is 0.236 e. The van der Waals surface area contributed by atoms with Gasteiger partial charge in [-0.05, 0) is 38.1 Å². The molecule has 0 fully saturated rings. The predicted octanol–water partition coefficient (Wildman–Crippen LogP) is 0.988. The van der Waals surface area contributed by atoms with Crippen molar-refractivity contribution >= 4 is 5.97 Å². The largest absolute Gasteiger partial charge is 0.496 e. The van der Waals surface area contributed by atoms with Crippen LogP contribution in [0.3, 0.4) is 0 Å². The Labute approximate surface area is 134 Å². The molecule has 0 aliphatic rings. The molecule has 0 heterocycles. The molecular formula is C16H14F3IO2+. The van der Waals surface area contributed by atoms with E-state index >= 15 is 0 Å². The van der Waals surface area contributed by atoms with E-state index in [2.05, 4.69) is 0 Å². The molecule has 0 saturated heterocycles. The summed E-state index contributed by atoms with van der Waals surface area (Å²) >= 11 is -2.93. The van der Waals surface area contributed by atoms with E-state index in [-0.39, 0.29) is 0 Å². The molecular weight excluding hydrogens is 408 g/mol. The Morgan fingerprint density at radius 3 is 1.55 bits per heavy atom. The Hall–Kier alpha value is -1.57. The van der Waals surface area contributed by atoms with Gasteiger partial charge in [0.25, 0.3) is 0 Å². The van der Waals surface area contributed by atoms with Crippen molar-refractivity contribution in [1.82, 2.24) is 0 Å². The minimum absolute atomic E-state index is 0.649. The van der Waals surface area contributed by atoms with Gasteiger partial charge >= 0.3 is 32.4 Å². The van der Waals surface area contributed by atoms with Crippen molar-refractivity contribution in [3.8, 4) is 0 Å². The molecule has 117 valence electrons. The molecule has 0 atom stereocenters. The fourth-order valence-corrected chi connectivity index (χ4v) is 5.53. The number of carbonyl (C=O) groups is 1. The molecule has 2 rings (SSSR count). The molecule has 0 bridgehead atoms. The van der Waals surface area contributed by atoms with Gasteiger partial charge in [-0.3, -0.25) is 0 Å². The molecule has 2 nitrogen and oxygen atoms in total. The third-order valence-corrected chi connectivity index (χ3v) is 7.34. The van der Waals surface area contributed by atoms with Crippen LogP contribution in [0.2, 0.25) is 0 Å². The van der Waals surface area contributed by atoms with Crippen molar-refractivity contribution in [3.05, 3.63) is 66.8 Å². The van der Waals surface area contributed by atoms with Crippen LogP contribution in [0.25, 0.3) is 0 Å². The summed E-state index contributed by atoms with van der Waals surface area (Å²) in [7, 11) is 0. The molecule has 0 spiro atoms. The van der Waals surface area contributed by atoms with Crippen LogP contribution in [-0.4, -0.2) is 12.1 Å². The average Bonchev–Trinajstić information content (AvgIpc) is 2.46. The lowest BCUT2D eigenvalue weighted by Crippen LogP contribution is -3.85. The zero-order valence-corrected chi connectivity index (χ0v) is 14.1. The fourth-order valence-electron chi connectivity index (χ4n) is 1.62. The fraction of sp³-hybridized carbons (Fsp3) is 0.188. The highest BCUT2D eigenvalue weighted by atomic mass is 127. The molecule has 0 saturated carbocycles. The third-order valence-electron chi connectivity index (χ3n) is 2.80. The quantitative estimate of drug-likeness (QED) is 0.690. The van der Waals surface area contributed by atoms with Crippen LogP contribution in [0.4, 0.5) is 13.2 Å². The first-order chi connectivity index (χ1) is 10.3. The summed E-state index contributed by atoms with van der Waals surface area (Å²) in [6.07, 6.45) is -4.98. The van der Waals surface area contributed by atoms with Gasteiger partial charge in [0.2, 0.25) is 0 Å². The Morgan fingerprint density at radius 2 is 1.23 bits per heavy atom. The SMILES string of the molecule is Cc1ccc([I+](OC(=O)C(F)(F)F)c2ccc(C)cc2)cc1. The molecule has 0 aliphatic heterocycles. The normalized spacial score (nSPS) is 11.5. The Kier molecular flexibility index (Phi) is 5.10. The third kappa shape index (κ3) is 4.22. The monoisotopic (exact) mass is 422 g/mol. The van der Waals surface area contributed by atoms with Crippen molar-refractivity contribution < 1.29 is 41.3 Å². The molecule has 22 heavy (non-hydrogen) atoms. The number of benzene rings is 2. The lowest BCUT2D eigenvalue weighted by molar-refractivity contribution is -1.04. The first-order valence-corrected chi connectivity index (χ1v) is 9.44. The summed E-state index contributed by atoms with van der Waals surface area (Å²) in [4.78, 5) is 11.2. The maximum absolute atomic E-state index is 12.5. The van der Waals surface area contributed by atoms with Crippen molar-refractivity contribution in [2.45, 2.75) is 20.0 Å². The molecule has 2 aromatic rings. The first-order valence-electron chi connectivity index (χ1n) is 6.40. The number of aryl methyl sites for hydroxylation is 2. The van der Waals surface area contributed by atoms with E-state index in [4.69, 9.17) is 3.07 Å². The van der Waals surface area contributed by atoms with Crippen molar-refractivity contribution in [1.29, 1.82) is 0 Å². The predicted molar refractivity (Wildman–Crippen MR) is 71.9 cm³/mol. The summed E-state index contributed by atoms with van der Waals surface area (Å²) in [5.74, 6) is -2.13. The van der Waals surface area contributed by atoms with Gasteiger partial charge in [0.15, 0.2) is 7.14 Å². The zero-order valence-electron chi connectivity index (χ0n) is 11.9. The molecule has 2 aromatic carbocycles. The van der Waals surface area contributed by atoms with Crippen LogP contribution in [0.15, 0.2) is 48.5 Å². The number of rotatable bonds is 3. The van der Waals surface area contributed by atoms with Gasteiger partial charge in [-0.1, -0.05) is 35.4 Å². The second-order valence-electron chi connectivity index (χ2n) is 4.70. The van der Waals surface area contributed by atoms with Crippen LogP contribution < -0.4 is 20.2 Å². The van der Waals surface area contributed by atoms with E-state index < -0.39 is 32.4 Å². The van der Waals surface area contributed by atoms with E-state index in [0.29, 0.717) is 7.14 Å². The maximum Gasteiger partial charge on any atom is 0.496 e. The molecule has 0 aromatic heterocycles. The second kappa shape index (κ2) is 6.68. The number of hydrogen-bond donors (Lipinski definition) is 0.